The second kappa shape index (κ2) is 6.46. The summed E-state index contributed by atoms with van der Waals surface area (Å²) in [6, 6.07) is 6.33. The van der Waals surface area contributed by atoms with Crippen molar-refractivity contribution in [1.29, 1.82) is 0 Å². The normalized spacial score (nSPS) is 21.8. The van der Waals surface area contributed by atoms with Crippen molar-refractivity contribution in [3.63, 3.8) is 0 Å². The second-order valence-electron chi connectivity index (χ2n) is 6.38. The van der Waals surface area contributed by atoms with Crippen LogP contribution in [0.3, 0.4) is 0 Å². The predicted molar refractivity (Wildman–Crippen MR) is 99.2 cm³/mol. The molecule has 1 aliphatic carbocycles. The van der Waals surface area contributed by atoms with Crippen molar-refractivity contribution in [2.75, 3.05) is 0 Å². The quantitative estimate of drug-likeness (QED) is 0.666. The minimum Gasteiger partial charge on any atom is -0.504 e. The van der Waals surface area contributed by atoms with Crippen LogP contribution in [0, 0.1) is 0 Å². The Morgan fingerprint density at radius 1 is 1.17 bits per heavy atom. The van der Waals surface area contributed by atoms with Crippen molar-refractivity contribution in [3.05, 3.63) is 44.6 Å². The molecule has 1 aromatic heterocycles. The zero-order chi connectivity index (χ0) is 15.3. The van der Waals surface area contributed by atoms with Gasteiger partial charge in [-0.3, -0.25) is 0 Å². The fourth-order valence-electron chi connectivity index (χ4n) is 3.94. The number of aryl methyl sites for hydroxylation is 2. The number of nitrogens with one attached hydrogen (secondary N) is 1. The Labute approximate surface area is 151 Å². The minimum atomic E-state index is -0.00413. The lowest BCUT2D eigenvalue weighted by atomic mass is 9.74. The van der Waals surface area contributed by atoms with Crippen LogP contribution >= 0.6 is 28.3 Å². The van der Waals surface area contributed by atoms with Crippen molar-refractivity contribution in [3.8, 4) is 11.5 Å². The SMILES string of the molecule is Br.CCCc1cc2c(s1)CNC1CCc3cc(O)c(O)cc3C21. The first-order valence-corrected chi connectivity index (χ1v) is 8.88. The van der Waals surface area contributed by atoms with Crippen molar-refractivity contribution >= 4 is 28.3 Å². The van der Waals surface area contributed by atoms with E-state index in [9.17, 15) is 10.2 Å². The summed E-state index contributed by atoms with van der Waals surface area (Å²) in [7, 11) is 0. The van der Waals surface area contributed by atoms with Gasteiger partial charge < -0.3 is 15.5 Å². The smallest absolute Gasteiger partial charge is 0.157 e. The highest BCUT2D eigenvalue weighted by Gasteiger charge is 2.36. The van der Waals surface area contributed by atoms with Gasteiger partial charge in [0.15, 0.2) is 11.5 Å². The van der Waals surface area contributed by atoms with E-state index in [-0.39, 0.29) is 28.5 Å². The molecule has 0 saturated carbocycles. The summed E-state index contributed by atoms with van der Waals surface area (Å²) >= 11 is 1.92. The molecule has 0 saturated heterocycles. The van der Waals surface area contributed by atoms with Crippen LogP contribution in [0.2, 0.25) is 0 Å². The molecule has 5 heteroatoms. The second-order valence-corrected chi connectivity index (χ2v) is 7.61. The molecule has 0 radical (unpaired) electrons. The summed E-state index contributed by atoms with van der Waals surface area (Å²) < 4.78 is 0. The molecule has 124 valence electrons. The first kappa shape index (κ1) is 16.8. The molecule has 23 heavy (non-hydrogen) atoms. The maximum atomic E-state index is 9.94. The topological polar surface area (TPSA) is 52.5 Å². The molecule has 2 heterocycles. The van der Waals surface area contributed by atoms with E-state index >= 15 is 0 Å². The molecule has 0 bridgehead atoms. The van der Waals surface area contributed by atoms with Crippen molar-refractivity contribution in [2.45, 2.75) is 51.1 Å². The molecule has 2 aromatic rings. The zero-order valence-electron chi connectivity index (χ0n) is 13.1. The van der Waals surface area contributed by atoms with Crippen LogP contribution in [-0.4, -0.2) is 16.3 Å². The van der Waals surface area contributed by atoms with Crippen LogP contribution in [0.1, 0.15) is 52.1 Å². The van der Waals surface area contributed by atoms with E-state index in [4.69, 9.17) is 0 Å². The molecule has 4 rings (SSSR count). The monoisotopic (exact) mass is 395 g/mol. The Morgan fingerprint density at radius 2 is 1.96 bits per heavy atom. The first-order valence-electron chi connectivity index (χ1n) is 8.07. The molecule has 2 unspecified atom stereocenters. The summed E-state index contributed by atoms with van der Waals surface area (Å²) in [6.45, 7) is 3.18. The van der Waals surface area contributed by atoms with Crippen LogP contribution in [0.4, 0.5) is 0 Å². The highest BCUT2D eigenvalue weighted by atomic mass is 79.9. The van der Waals surface area contributed by atoms with Gasteiger partial charge in [-0.1, -0.05) is 13.3 Å². The predicted octanol–water partition coefficient (Wildman–Crippen LogP) is 4.24. The van der Waals surface area contributed by atoms with Gasteiger partial charge in [0.25, 0.3) is 0 Å². The number of benzene rings is 1. The number of phenols is 2. The summed E-state index contributed by atoms with van der Waals surface area (Å²) in [5.74, 6) is 0.301. The number of hydrogen-bond donors (Lipinski definition) is 3. The Kier molecular flexibility index (Phi) is 4.72. The van der Waals surface area contributed by atoms with Crippen LogP contribution in [0.5, 0.6) is 11.5 Å². The fourth-order valence-corrected chi connectivity index (χ4v) is 5.20. The van der Waals surface area contributed by atoms with Gasteiger partial charge in [-0.15, -0.1) is 28.3 Å². The van der Waals surface area contributed by atoms with Gasteiger partial charge in [-0.05, 0) is 54.2 Å². The molecule has 2 aliphatic rings. The summed E-state index contributed by atoms with van der Waals surface area (Å²) in [4.78, 5) is 2.90. The largest absolute Gasteiger partial charge is 0.504 e. The zero-order valence-corrected chi connectivity index (χ0v) is 15.7. The van der Waals surface area contributed by atoms with Gasteiger partial charge in [0, 0.05) is 28.3 Å². The van der Waals surface area contributed by atoms with Crippen molar-refractivity contribution in [1.82, 2.24) is 5.32 Å². The van der Waals surface area contributed by atoms with Gasteiger partial charge in [-0.2, -0.15) is 0 Å². The Hall–Kier alpha value is -1.04. The highest BCUT2D eigenvalue weighted by molar-refractivity contribution is 8.93. The van der Waals surface area contributed by atoms with E-state index in [1.807, 2.05) is 11.3 Å². The average molecular weight is 396 g/mol. The molecule has 2 atom stereocenters. The number of aromatic hydroxyl groups is 2. The molecule has 0 fully saturated rings. The van der Waals surface area contributed by atoms with E-state index in [1.54, 1.807) is 12.1 Å². The van der Waals surface area contributed by atoms with Gasteiger partial charge in [0.2, 0.25) is 0 Å². The maximum absolute atomic E-state index is 9.94. The highest BCUT2D eigenvalue weighted by Crippen LogP contribution is 2.46. The summed E-state index contributed by atoms with van der Waals surface area (Å²) in [5.41, 5.74) is 3.79. The number of phenolic OH excluding ortho intramolecular Hbond substituents is 2. The van der Waals surface area contributed by atoms with Gasteiger partial charge >= 0.3 is 0 Å². The summed E-state index contributed by atoms with van der Waals surface area (Å²) in [6.07, 6.45) is 4.35. The molecule has 1 aliphatic heterocycles. The molecule has 3 nitrogen and oxygen atoms in total. The number of halogens is 1. The van der Waals surface area contributed by atoms with Gasteiger partial charge in [0.1, 0.15) is 0 Å². The molecule has 1 aromatic carbocycles. The molecule has 0 spiro atoms. The molecule has 0 amide bonds. The number of hydrogen-bond acceptors (Lipinski definition) is 4. The third-order valence-electron chi connectivity index (χ3n) is 4.95. The van der Waals surface area contributed by atoms with E-state index in [0.717, 1.165) is 25.8 Å². The van der Waals surface area contributed by atoms with E-state index in [1.165, 1.54) is 32.9 Å². The number of fused-ring (bicyclic) bond motifs is 5. The van der Waals surface area contributed by atoms with Gasteiger partial charge in [-0.25, -0.2) is 0 Å². The standard InChI is InChI=1S/C18H21NO2S.BrH/c1-2-3-11-7-13-17(22-11)9-19-14-5-4-10-6-15(20)16(21)8-12(10)18(13)14;/h6-8,14,18-21H,2-5,9H2,1H3;1H. The third kappa shape index (κ3) is 2.79. The van der Waals surface area contributed by atoms with Gasteiger partial charge in [0.05, 0.1) is 0 Å². The Balaban J connectivity index is 0.00000156. The Morgan fingerprint density at radius 3 is 2.74 bits per heavy atom. The first-order chi connectivity index (χ1) is 10.7. The molecular weight excluding hydrogens is 374 g/mol. The lowest BCUT2D eigenvalue weighted by Gasteiger charge is -2.38. The fraction of sp³-hybridized carbons (Fsp3) is 0.444. The van der Waals surface area contributed by atoms with Crippen LogP contribution in [0.15, 0.2) is 18.2 Å². The minimum absolute atomic E-state index is 0. The third-order valence-corrected chi connectivity index (χ3v) is 6.16. The van der Waals surface area contributed by atoms with Crippen molar-refractivity contribution in [2.24, 2.45) is 0 Å². The summed E-state index contributed by atoms with van der Waals surface area (Å²) in [5, 5.41) is 23.4. The average Bonchev–Trinajstić information content (AvgIpc) is 2.91. The number of thiophene rings is 1. The van der Waals surface area contributed by atoms with E-state index in [0.29, 0.717) is 12.0 Å². The van der Waals surface area contributed by atoms with Crippen molar-refractivity contribution < 1.29 is 10.2 Å². The van der Waals surface area contributed by atoms with E-state index in [2.05, 4.69) is 18.3 Å². The number of rotatable bonds is 2. The lowest BCUT2D eigenvalue weighted by Crippen LogP contribution is -2.41. The van der Waals surface area contributed by atoms with Crippen LogP contribution in [-0.2, 0) is 19.4 Å². The molecular formula is C18H22BrNO2S. The Bertz CT molecular complexity index is 728. The maximum Gasteiger partial charge on any atom is 0.157 e. The lowest BCUT2D eigenvalue weighted by molar-refractivity contribution is 0.382. The van der Waals surface area contributed by atoms with Crippen LogP contribution < -0.4 is 5.32 Å². The van der Waals surface area contributed by atoms with Crippen LogP contribution in [0.25, 0.3) is 0 Å². The van der Waals surface area contributed by atoms with E-state index < -0.39 is 0 Å². The molecule has 3 N–H and O–H groups in total.